The zero-order valence-corrected chi connectivity index (χ0v) is 19.5. The summed E-state index contributed by atoms with van der Waals surface area (Å²) in [5.41, 5.74) is 1.93. The number of hydrogen-bond acceptors (Lipinski definition) is 6. The summed E-state index contributed by atoms with van der Waals surface area (Å²) >= 11 is 0. The molecule has 0 aliphatic carbocycles. The topological polar surface area (TPSA) is 102 Å². The maximum Gasteiger partial charge on any atom is 0.243 e. The van der Waals surface area contributed by atoms with Gasteiger partial charge in [-0.1, -0.05) is 12.1 Å². The predicted octanol–water partition coefficient (Wildman–Crippen LogP) is 3.25. The second-order valence-electron chi connectivity index (χ2n) is 7.77. The largest absolute Gasteiger partial charge is 0.493 e. The normalized spacial score (nSPS) is 15.2. The van der Waals surface area contributed by atoms with Crippen LogP contribution < -0.4 is 14.8 Å². The molecule has 0 atom stereocenters. The molecule has 0 bridgehead atoms. The van der Waals surface area contributed by atoms with E-state index in [1.165, 1.54) is 42.6 Å². The van der Waals surface area contributed by atoms with Crippen LogP contribution in [0, 0.1) is 12.8 Å². The zero-order valence-electron chi connectivity index (χ0n) is 18.7. The lowest BCUT2D eigenvalue weighted by molar-refractivity contribution is -0.120. The molecule has 172 valence electrons. The van der Waals surface area contributed by atoms with E-state index in [0.717, 1.165) is 5.56 Å². The van der Waals surface area contributed by atoms with Crippen LogP contribution in [0.3, 0.4) is 0 Å². The summed E-state index contributed by atoms with van der Waals surface area (Å²) < 4.78 is 37.8. The minimum absolute atomic E-state index is 0.120. The van der Waals surface area contributed by atoms with Crippen LogP contribution in [0.4, 0.5) is 5.69 Å². The fourth-order valence-electron chi connectivity index (χ4n) is 3.72. The average Bonchev–Trinajstić information content (AvgIpc) is 2.80. The van der Waals surface area contributed by atoms with E-state index < -0.39 is 10.0 Å². The van der Waals surface area contributed by atoms with Crippen molar-refractivity contribution in [1.29, 1.82) is 0 Å². The Bertz CT molecular complexity index is 1100. The predicted molar refractivity (Wildman–Crippen MR) is 121 cm³/mol. The quantitative estimate of drug-likeness (QED) is 0.637. The molecule has 1 heterocycles. The molecule has 1 aliphatic rings. The molecule has 0 saturated carbocycles. The Labute approximate surface area is 188 Å². The molecule has 1 amide bonds. The Morgan fingerprint density at radius 2 is 1.56 bits per heavy atom. The first kappa shape index (κ1) is 23.7. The van der Waals surface area contributed by atoms with Crippen molar-refractivity contribution in [1.82, 2.24) is 4.31 Å². The number of rotatable bonds is 7. The van der Waals surface area contributed by atoms with E-state index in [1.807, 2.05) is 6.92 Å². The summed E-state index contributed by atoms with van der Waals surface area (Å²) in [6, 6.07) is 9.44. The third kappa shape index (κ3) is 4.94. The van der Waals surface area contributed by atoms with Gasteiger partial charge in [0.05, 0.1) is 19.1 Å². The van der Waals surface area contributed by atoms with Crippen molar-refractivity contribution in [2.45, 2.75) is 31.6 Å². The van der Waals surface area contributed by atoms with Crippen LogP contribution in [0.1, 0.15) is 35.7 Å². The molecular weight excluding hydrogens is 432 g/mol. The molecule has 32 heavy (non-hydrogen) atoms. The number of nitrogens with zero attached hydrogens (tertiary/aromatic N) is 1. The van der Waals surface area contributed by atoms with Crippen molar-refractivity contribution in [3.05, 3.63) is 47.5 Å². The van der Waals surface area contributed by atoms with Crippen molar-refractivity contribution >= 4 is 27.4 Å². The lowest BCUT2D eigenvalue weighted by Crippen LogP contribution is -2.41. The SMILES string of the molecule is COc1cc(C)c(NC(=O)C2CCN(S(=O)(=O)c3ccc(C(C)=O)cc3)CC2)cc1OC. The van der Waals surface area contributed by atoms with Gasteiger partial charge >= 0.3 is 0 Å². The van der Waals surface area contributed by atoms with Gasteiger partial charge in [0.25, 0.3) is 0 Å². The molecule has 0 radical (unpaired) electrons. The molecule has 9 heteroatoms. The van der Waals surface area contributed by atoms with Crippen molar-refractivity contribution in [2.24, 2.45) is 5.92 Å². The number of ether oxygens (including phenoxy) is 2. The number of hydrogen-bond donors (Lipinski definition) is 1. The minimum atomic E-state index is -3.68. The first-order chi connectivity index (χ1) is 15.2. The maximum absolute atomic E-state index is 12.9. The van der Waals surface area contributed by atoms with Gasteiger partial charge in [-0.25, -0.2) is 8.42 Å². The number of sulfonamides is 1. The van der Waals surface area contributed by atoms with E-state index in [-0.39, 0.29) is 35.6 Å². The molecule has 8 nitrogen and oxygen atoms in total. The molecule has 1 fully saturated rings. The molecule has 2 aromatic carbocycles. The highest BCUT2D eigenvalue weighted by atomic mass is 32.2. The third-order valence-electron chi connectivity index (χ3n) is 5.71. The van der Waals surface area contributed by atoms with Crippen LogP contribution in [0.2, 0.25) is 0 Å². The Morgan fingerprint density at radius 3 is 2.09 bits per heavy atom. The van der Waals surface area contributed by atoms with Crippen LogP contribution >= 0.6 is 0 Å². The maximum atomic E-state index is 12.9. The van der Waals surface area contributed by atoms with Gasteiger partial charge in [-0.15, -0.1) is 0 Å². The Kier molecular flexibility index (Phi) is 7.20. The van der Waals surface area contributed by atoms with E-state index in [1.54, 1.807) is 19.2 Å². The summed E-state index contributed by atoms with van der Waals surface area (Å²) in [6.45, 7) is 3.80. The van der Waals surface area contributed by atoms with Crippen LogP contribution in [-0.4, -0.2) is 51.7 Å². The van der Waals surface area contributed by atoms with Crippen molar-refractivity contribution < 1.29 is 27.5 Å². The van der Waals surface area contributed by atoms with Crippen LogP contribution in [0.15, 0.2) is 41.3 Å². The number of Topliss-reactive ketones (excluding diaryl/α,β-unsaturated/α-hetero) is 1. The van der Waals surface area contributed by atoms with Gasteiger partial charge in [0, 0.05) is 36.3 Å². The first-order valence-corrected chi connectivity index (χ1v) is 11.8. The number of ketones is 1. The molecule has 3 rings (SSSR count). The molecule has 0 unspecified atom stereocenters. The summed E-state index contributed by atoms with van der Waals surface area (Å²) in [5.74, 6) is 0.533. The molecule has 1 N–H and O–H groups in total. The van der Waals surface area contributed by atoms with E-state index in [9.17, 15) is 18.0 Å². The van der Waals surface area contributed by atoms with Crippen molar-refractivity contribution in [3.8, 4) is 11.5 Å². The lowest BCUT2D eigenvalue weighted by atomic mass is 9.97. The van der Waals surface area contributed by atoms with Crippen LogP contribution in [0.25, 0.3) is 0 Å². The number of anilines is 1. The monoisotopic (exact) mass is 460 g/mol. The molecular formula is C23H28N2O6S. The van der Waals surface area contributed by atoms with Crippen molar-refractivity contribution in [3.63, 3.8) is 0 Å². The molecule has 1 aliphatic heterocycles. The smallest absolute Gasteiger partial charge is 0.243 e. The van der Waals surface area contributed by atoms with Gasteiger partial charge in [0.1, 0.15) is 0 Å². The van der Waals surface area contributed by atoms with E-state index in [2.05, 4.69) is 5.32 Å². The molecule has 0 spiro atoms. The number of methoxy groups -OCH3 is 2. The van der Waals surface area contributed by atoms with Crippen LogP contribution in [-0.2, 0) is 14.8 Å². The van der Waals surface area contributed by atoms with Gasteiger partial charge in [-0.2, -0.15) is 4.31 Å². The second-order valence-corrected chi connectivity index (χ2v) is 9.71. The summed E-state index contributed by atoms with van der Waals surface area (Å²) in [7, 11) is -0.595. The Balaban J connectivity index is 1.65. The Hall–Kier alpha value is -2.91. The minimum Gasteiger partial charge on any atom is -0.493 e. The van der Waals surface area contributed by atoms with Crippen molar-refractivity contribution in [2.75, 3.05) is 32.6 Å². The van der Waals surface area contributed by atoms with E-state index >= 15 is 0 Å². The highest BCUT2D eigenvalue weighted by Crippen LogP contribution is 2.33. The lowest BCUT2D eigenvalue weighted by Gasteiger charge is -2.30. The molecule has 1 saturated heterocycles. The number of carbonyl (C=O) groups excluding carboxylic acids is 2. The standard InChI is InChI=1S/C23H28N2O6S/c1-15-13-21(30-3)22(31-4)14-20(15)24-23(27)18-9-11-25(12-10-18)32(28,29)19-7-5-17(6-8-19)16(2)26/h5-8,13-14,18H,9-12H2,1-4H3,(H,24,27). The highest BCUT2D eigenvalue weighted by molar-refractivity contribution is 7.89. The van der Waals surface area contributed by atoms with Crippen LogP contribution in [0.5, 0.6) is 11.5 Å². The summed E-state index contributed by atoms with van der Waals surface area (Å²) in [5, 5.41) is 2.93. The number of piperidine rings is 1. The van der Waals surface area contributed by atoms with E-state index in [0.29, 0.717) is 35.6 Å². The highest BCUT2D eigenvalue weighted by Gasteiger charge is 2.32. The first-order valence-electron chi connectivity index (χ1n) is 10.3. The number of carbonyl (C=O) groups is 2. The molecule has 2 aromatic rings. The summed E-state index contributed by atoms with van der Waals surface area (Å²) in [4.78, 5) is 24.4. The van der Waals surface area contributed by atoms with E-state index in [4.69, 9.17) is 9.47 Å². The van der Waals surface area contributed by atoms with Gasteiger partial charge < -0.3 is 14.8 Å². The zero-order chi connectivity index (χ0) is 23.5. The van der Waals surface area contributed by atoms with Gasteiger partial charge in [-0.3, -0.25) is 9.59 Å². The summed E-state index contributed by atoms with van der Waals surface area (Å²) in [6.07, 6.45) is 0.839. The Morgan fingerprint density at radius 1 is 1.00 bits per heavy atom. The number of amides is 1. The van der Waals surface area contributed by atoms with Gasteiger partial charge in [0.15, 0.2) is 17.3 Å². The fourth-order valence-corrected chi connectivity index (χ4v) is 5.19. The fraction of sp³-hybridized carbons (Fsp3) is 0.391. The number of nitrogens with one attached hydrogen (secondary N) is 1. The van der Waals surface area contributed by atoms with Gasteiger partial charge in [0.2, 0.25) is 15.9 Å². The number of aryl methyl sites for hydroxylation is 1. The molecule has 0 aromatic heterocycles. The van der Waals surface area contributed by atoms with Gasteiger partial charge in [-0.05, 0) is 50.5 Å². The second kappa shape index (κ2) is 9.70. The third-order valence-corrected chi connectivity index (χ3v) is 7.62. The number of benzene rings is 2. The average molecular weight is 461 g/mol.